The van der Waals surface area contributed by atoms with Crippen molar-refractivity contribution in [3.63, 3.8) is 0 Å². The molecule has 0 fully saturated rings. The molecular formula is C21H17Cl3N2O. The zero-order valence-corrected chi connectivity index (χ0v) is 16.8. The summed E-state index contributed by atoms with van der Waals surface area (Å²) in [5.74, 6) is -0.139. The number of hydrogen-bond donors (Lipinski definition) is 2. The minimum Gasteiger partial charge on any atom is -0.353 e. The molecular weight excluding hydrogens is 403 g/mol. The van der Waals surface area contributed by atoms with Gasteiger partial charge in [-0.15, -0.1) is 0 Å². The van der Waals surface area contributed by atoms with Crippen molar-refractivity contribution in [1.82, 2.24) is 0 Å². The maximum Gasteiger partial charge on any atom is 0.228 e. The molecule has 6 heteroatoms. The first kappa shape index (κ1) is 19.6. The van der Waals surface area contributed by atoms with Gasteiger partial charge in [-0.3, -0.25) is 4.79 Å². The smallest absolute Gasteiger partial charge is 0.228 e. The highest BCUT2D eigenvalue weighted by Crippen LogP contribution is 2.33. The average molecular weight is 420 g/mol. The Labute approximate surface area is 173 Å². The molecule has 27 heavy (non-hydrogen) atoms. The molecule has 3 rings (SSSR count). The van der Waals surface area contributed by atoms with Crippen LogP contribution in [-0.4, -0.2) is 5.91 Å². The Kier molecular flexibility index (Phi) is 6.27. The van der Waals surface area contributed by atoms with Crippen LogP contribution in [0.3, 0.4) is 0 Å². The monoisotopic (exact) mass is 418 g/mol. The fourth-order valence-electron chi connectivity index (χ4n) is 2.66. The second-order valence-electron chi connectivity index (χ2n) is 6.02. The van der Waals surface area contributed by atoms with E-state index in [2.05, 4.69) is 10.6 Å². The van der Waals surface area contributed by atoms with Gasteiger partial charge in [0.1, 0.15) is 0 Å². The van der Waals surface area contributed by atoms with Gasteiger partial charge >= 0.3 is 0 Å². The molecule has 0 unspecified atom stereocenters. The number of carbonyl (C=O) groups is 1. The van der Waals surface area contributed by atoms with Gasteiger partial charge < -0.3 is 10.6 Å². The first-order chi connectivity index (χ1) is 13.0. The normalized spacial score (nSPS) is 10.5. The van der Waals surface area contributed by atoms with Crippen LogP contribution in [0.4, 0.5) is 17.1 Å². The SMILES string of the molecule is Cc1c(Cl)cccc1NC(=O)Cc1ccccc1Nc1c(Cl)cccc1Cl. The molecule has 0 atom stereocenters. The van der Waals surface area contributed by atoms with Crippen LogP contribution in [0.1, 0.15) is 11.1 Å². The van der Waals surface area contributed by atoms with Crippen molar-refractivity contribution in [2.45, 2.75) is 13.3 Å². The van der Waals surface area contributed by atoms with Crippen LogP contribution in [0, 0.1) is 6.92 Å². The fourth-order valence-corrected chi connectivity index (χ4v) is 3.33. The van der Waals surface area contributed by atoms with E-state index in [4.69, 9.17) is 34.8 Å². The Morgan fingerprint density at radius 1 is 0.815 bits per heavy atom. The molecule has 0 spiro atoms. The summed E-state index contributed by atoms with van der Waals surface area (Å²) >= 11 is 18.6. The lowest BCUT2D eigenvalue weighted by Crippen LogP contribution is -2.16. The van der Waals surface area contributed by atoms with Gasteiger partial charge in [0.2, 0.25) is 5.91 Å². The molecule has 0 heterocycles. The van der Waals surface area contributed by atoms with Crippen LogP contribution >= 0.6 is 34.8 Å². The molecule has 138 valence electrons. The highest BCUT2D eigenvalue weighted by atomic mass is 35.5. The van der Waals surface area contributed by atoms with Crippen molar-refractivity contribution < 1.29 is 4.79 Å². The number of rotatable bonds is 5. The maximum atomic E-state index is 12.5. The Morgan fingerprint density at radius 2 is 1.41 bits per heavy atom. The lowest BCUT2D eigenvalue weighted by Gasteiger charge is -2.15. The van der Waals surface area contributed by atoms with Gasteiger partial charge in [0.25, 0.3) is 0 Å². The Morgan fingerprint density at radius 3 is 2.15 bits per heavy atom. The zero-order chi connectivity index (χ0) is 19.4. The molecule has 1 amide bonds. The topological polar surface area (TPSA) is 41.1 Å². The predicted molar refractivity (Wildman–Crippen MR) is 115 cm³/mol. The molecule has 0 bridgehead atoms. The van der Waals surface area contributed by atoms with E-state index in [1.54, 1.807) is 30.3 Å². The number of hydrogen-bond acceptors (Lipinski definition) is 2. The lowest BCUT2D eigenvalue weighted by molar-refractivity contribution is -0.115. The summed E-state index contributed by atoms with van der Waals surface area (Å²) in [7, 11) is 0. The third kappa shape index (κ3) is 4.75. The van der Waals surface area contributed by atoms with Crippen LogP contribution in [0.2, 0.25) is 15.1 Å². The molecule has 0 saturated heterocycles. The first-order valence-corrected chi connectivity index (χ1v) is 9.43. The number of halogens is 3. The van der Waals surface area contributed by atoms with Gasteiger partial charge in [-0.25, -0.2) is 0 Å². The third-order valence-corrected chi connectivity index (χ3v) is 5.17. The van der Waals surface area contributed by atoms with Gasteiger partial charge in [-0.1, -0.05) is 65.1 Å². The molecule has 0 radical (unpaired) electrons. The van der Waals surface area contributed by atoms with Crippen molar-refractivity contribution in [2.24, 2.45) is 0 Å². The second-order valence-corrected chi connectivity index (χ2v) is 7.24. The molecule has 0 aliphatic carbocycles. The van der Waals surface area contributed by atoms with E-state index in [-0.39, 0.29) is 12.3 Å². The van der Waals surface area contributed by atoms with Crippen LogP contribution in [0.5, 0.6) is 0 Å². The second kappa shape index (κ2) is 8.66. The largest absolute Gasteiger partial charge is 0.353 e. The van der Waals surface area contributed by atoms with Crippen LogP contribution < -0.4 is 10.6 Å². The highest BCUT2D eigenvalue weighted by molar-refractivity contribution is 6.39. The summed E-state index contributed by atoms with van der Waals surface area (Å²) in [6.07, 6.45) is 0.192. The van der Waals surface area contributed by atoms with E-state index in [0.717, 1.165) is 16.8 Å². The van der Waals surface area contributed by atoms with Gasteiger partial charge in [-0.2, -0.15) is 0 Å². The lowest BCUT2D eigenvalue weighted by atomic mass is 10.1. The maximum absolute atomic E-state index is 12.5. The van der Waals surface area contributed by atoms with Crippen molar-refractivity contribution in [2.75, 3.05) is 10.6 Å². The molecule has 3 aromatic carbocycles. The minimum atomic E-state index is -0.139. The Hall–Kier alpha value is -2.20. The molecule has 3 nitrogen and oxygen atoms in total. The van der Waals surface area contributed by atoms with E-state index >= 15 is 0 Å². The summed E-state index contributed by atoms with van der Waals surface area (Å²) in [5, 5.41) is 7.78. The molecule has 3 aromatic rings. The Balaban J connectivity index is 1.80. The number of carbonyl (C=O) groups excluding carboxylic acids is 1. The van der Waals surface area contributed by atoms with Crippen LogP contribution in [0.15, 0.2) is 60.7 Å². The van der Waals surface area contributed by atoms with E-state index in [0.29, 0.717) is 26.4 Å². The molecule has 0 aliphatic heterocycles. The molecule has 0 aliphatic rings. The summed E-state index contributed by atoms with van der Waals surface area (Å²) in [6.45, 7) is 1.87. The predicted octanol–water partition coefficient (Wildman–Crippen LogP) is 6.88. The van der Waals surface area contributed by atoms with E-state index < -0.39 is 0 Å². The van der Waals surface area contributed by atoms with E-state index in [1.165, 1.54) is 0 Å². The van der Waals surface area contributed by atoms with Gasteiger partial charge in [-0.05, 0) is 48.4 Å². The van der Waals surface area contributed by atoms with Crippen LogP contribution in [-0.2, 0) is 11.2 Å². The fraction of sp³-hybridized carbons (Fsp3) is 0.0952. The van der Waals surface area contributed by atoms with Gasteiger partial charge in [0.15, 0.2) is 0 Å². The standard InChI is InChI=1S/C21H17Cl3N2O/c1-13-15(22)7-5-11-18(13)25-20(27)12-14-6-2-3-10-19(14)26-21-16(23)8-4-9-17(21)24/h2-11,26H,12H2,1H3,(H,25,27). The number of amides is 1. The summed E-state index contributed by atoms with van der Waals surface area (Å²) in [6, 6.07) is 18.3. The van der Waals surface area contributed by atoms with Crippen molar-refractivity contribution in [3.8, 4) is 0 Å². The van der Waals surface area contributed by atoms with Crippen LogP contribution in [0.25, 0.3) is 0 Å². The average Bonchev–Trinajstić information content (AvgIpc) is 2.63. The van der Waals surface area contributed by atoms with Crippen molar-refractivity contribution >= 4 is 57.8 Å². The van der Waals surface area contributed by atoms with Gasteiger partial charge in [0, 0.05) is 16.4 Å². The van der Waals surface area contributed by atoms with Crippen molar-refractivity contribution in [1.29, 1.82) is 0 Å². The van der Waals surface area contributed by atoms with E-state index in [9.17, 15) is 4.79 Å². The first-order valence-electron chi connectivity index (χ1n) is 8.29. The number of nitrogens with one attached hydrogen (secondary N) is 2. The summed E-state index contributed by atoms with van der Waals surface area (Å²) in [4.78, 5) is 12.5. The molecule has 0 saturated carbocycles. The zero-order valence-electron chi connectivity index (χ0n) is 14.5. The summed E-state index contributed by atoms with van der Waals surface area (Å²) in [5.41, 5.74) is 3.74. The third-order valence-electron chi connectivity index (χ3n) is 4.13. The minimum absolute atomic E-state index is 0.139. The number of para-hydroxylation sites is 2. The van der Waals surface area contributed by atoms with Gasteiger partial charge in [0.05, 0.1) is 22.2 Å². The molecule has 2 N–H and O–H groups in total. The van der Waals surface area contributed by atoms with E-state index in [1.807, 2.05) is 37.3 Å². The highest BCUT2D eigenvalue weighted by Gasteiger charge is 2.12. The Bertz CT molecular complexity index is 969. The number of anilines is 3. The van der Waals surface area contributed by atoms with Crippen molar-refractivity contribution in [3.05, 3.63) is 86.9 Å². The summed E-state index contributed by atoms with van der Waals surface area (Å²) < 4.78 is 0. The number of benzene rings is 3. The quantitative estimate of drug-likeness (QED) is 0.473. The molecule has 0 aromatic heterocycles.